The Morgan fingerprint density at radius 1 is 0.564 bits per heavy atom. The number of nitro benzene ring substituents is 4. The molecule has 0 saturated carbocycles. The summed E-state index contributed by atoms with van der Waals surface area (Å²) in [5, 5.41) is 60.0. The van der Waals surface area contributed by atoms with Crippen LogP contribution in [0.5, 0.6) is 0 Å². The van der Waals surface area contributed by atoms with Crippen molar-refractivity contribution < 1.29 is 29.3 Å². The van der Waals surface area contributed by atoms with Gasteiger partial charge in [-0.15, -0.1) is 0 Å². The molecule has 0 spiro atoms. The first-order valence-electron chi connectivity index (χ1n) is 16.3. The van der Waals surface area contributed by atoms with Crippen LogP contribution in [0.2, 0.25) is 0 Å². The van der Waals surface area contributed by atoms with Crippen LogP contribution in [0.4, 0.5) is 34.1 Å². The Balaban J connectivity index is 1.72. The zero-order valence-corrected chi connectivity index (χ0v) is 29.3. The molecular weight excluding hydrogens is 720 g/mol. The number of hydrogen-bond donors (Lipinski definition) is 4. The summed E-state index contributed by atoms with van der Waals surface area (Å²) in [7, 11) is 0. The molecule has 4 N–H and O–H groups in total. The summed E-state index contributed by atoms with van der Waals surface area (Å²) in [6.07, 6.45) is -0.278. The summed E-state index contributed by atoms with van der Waals surface area (Å²) < 4.78 is 0. The number of carbonyl (C=O) groups is 2. The summed E-state index contributed by atoms with van der Waals surface area (Å²) in [4.78, 5) is 70.4. The van der Waals surface area contributed by atoms with Gasteiger partial charge in [-0.25, -0.2) is 0 Å². The number of amides is 2. The maximum atomic E-state index is 13.9. The summed E-state index contributed by atoms with van der Waals surface area (Å²) in [6.45, 7) is 3.07. The summed E-state index contributed by atoms with van der Waals surface area (Å²) in [5.41, 5.74) is 3.90. The molecule has 2 unspecified atom stereocenters. The molecule has 0 saturated heterocycles. The van der Waals surface area contributed by atoms with E-state index in [0.717, 1.165) is 47.5 Å². The van der Waals surface area contributed by atoms with Crippen LogP contribution in [0.25, 0.3) is 0 Å². The molecular formula is C35H34N10O10. The second kappa shape index (κ2) is 18.7. The summed E-state index contributed by atoms with van der Waals surface area (Å²) >= 11 is 0. The third-order valence-corrected chi connectivity index (χ3v) is 8.22. The molecule has 2 atom stereocenters. The standard InChI is InChI=1S/C35H34N10O10/c1-22(38-40-30-15-13-26(42(48)49)17-32(30)44(52)53)28(34(46)36-20-24-9-5-3-6-10-24)19-29(35(47)37-21-25-11-7-4-8-12-25)23(2)39-41-31-16-14-27(43(50)51)18-33(31)45(54)55/h3-18,28-29,40-41H,19-21H2,1-2H3,(H,36,46)(H,37,47)/b38-22+,39-23+. The van der Waals surface area contributed by atoms with E-state index < -0.39 is 66.1 Å². The monoisotopic (exact) mass is 754 g/mol. The van der Waals surface area contributed by atoms with E-state index in [1.165, 1.54) is 13.8 Å². The molecule has 0 radical (unpaired) electrons. The van der Waals surface area contributed by atoms with Gasteiger partial charge in [0.2, 0.25) is 11.8 Å². The third kappa shape index (κ3) is 11.2. The van der Waals surface area contributed by atoms with E-state index in [1.807, 2.05) is 0 Å². The fourth-order valence-corrected chi connectivity index (χ4v) is 5.20. The van der Waals surface area contributed by atoms with Crippen molar-refractivity contribution in [2.75, 3.05) is 10.9 Å². The number of benzene rings is 4. The number of nitro groups is 4. The number of nitrogens with one attached hydrogen (secondary N) is 4. The lowest BCUT2D eigenvalue weighted by Crippen LogP contribution is -2.41. The molecule has 0 aliphatic rings. The average molecular weight is 755 g/mol. The fraction of sp³-hybridized carbons (Fsp3) is 0.200. The maximum absolute atomic E-state index is 13.9. The van der Waals surface area contributed by atoms with Crippen molar-refractivity contribution in [3.8, 4) is 0 Å². The Bertz CT molecular complexity index is 2000. The van der Waals surface area contributed by atoms with Crippen LogP contribution in [0.3, 0.4) is 0 Å². The van der Waals surface area contributed by atoms with Gasteiger partial charge in [0.25, 0.3) is 11.4 Å². The van der Waals surface area contributed by atoms with Crippen LogP contribution in [-0.4, -0.2) is 42.9 Å². The molecule has 2 amide bonds. The van der Waals surface area contributed by atoms with Gasteiger partial charge in [0.05, 0.1) is 43.7 Å². The lowest BCUT2D eigenvalue weighted by atomic mass is 9.87. The fourth-order valence-electron chi connectivity index (χ4n) is 5.20. The summed E-state index contributed by atoms with van der Waals surface area (Å²) in [5.74, 6) is -3.56. The molecule has 20 heteroatoms. The number of nitrogens with zero attached hydrogens (tertiary/aromatic N) is 6. The second-order valence-electron chi connectivity index (χ2n) is 11.9. The lowest BCUT2D eigenvalue weighted by molar-refractivity contribution is -0.393. The summed E-state index contributed by atoms with van der Waals surface area (Å²) in [6, 6.07) is 23.6. The van der Waals surface area contributed by atoms with Crippen molar-refractivity contribution in [1.29, 1.82) is 0 Å². The minimum atomic E-state index is -1.19. The number of rotatable bonds is 18. The van der Waals surface area contributed by atoms with Gasteiger partial charge in [0, 0.05) is 36.6 Å². The van der Waals surface area contributed by atoms with E-state index in [-0.39, 0.29) is 42.3 Å². The smallest absolute Gasteiger partial charge is 0.301 e. The highest BCUT2D eigenvalue weighted by Crippen LogP contribution is 2.31. The van der Waals surface area contributed by atoms with Crippen molar-refractivity contribution in [3.63, 3.8) is 0 Å². The SMILES string of the molecule is C/C(=N\Nc1ccc([N+](=O)[O-])cc1[N+](=O)[O-])C(CC(C(=O)NCc1ccccc1)/C(C)=N/Nc1ccc([N+](=O)[O-])cc1[N+](=O)[O-])C(=O)NCc1ccccc1. The Hall–Kier alpha value is -7.64. The van der Waals surface area contributed by atoms with Crippen LogP contribution in [0.1, 0.15) is 31.4 Å². The first kappa shape index (κ1) is 40.1. The molecule has 4 aromatic carbocycles. The van der Waals surface area contributed by atoms with Crippen molar-refractivity contribution in [1.82, 2.24) is 10.6 Å². The number of carbonyl (C=O) groups excluding carboxylic acids is 2. The van der Waals surface area contributed by atoms with Crippen LogP contribution >= 0.6 is 0 Å². The number of hydrogen-bond acceptors (Lipinski definition) is 14. The van der Waals surface area contributed by atoms with Crippen LogP contribution in [0, 0.1) is 52.3 Å². The van der Waals surface area contributed by atoms with Crippen LogP contribution < -0.4 is 21.5 Å². The Morgan fingerprint density at radius 2 is 0.927 bits per heavy atom. The number of hydrazone groups is 2. The lowest BCUT2D eigenvalue weighted by Gasteiger charge is -2.23. The largest absolute Gasteiger partial charge is 0.351 e. The van der Waals surface area contributed by atoms with Crippen LogP contribution in [-0.2, 0) is 22.7 Å². The molecule has 4 aromatic rings. The molecule has 0 fully saturated rings. The van der Waals surface area contributed by atoms with Gasteiger partial charge < -0.3 is 10.6 Å². The number of anilines is 2. The molecule has 0 heterocycles. The molecule has 4 rings (SSSR count). The van der Waals surface area contributed by atoms with Gasteiger partial charge in [0.15, 0.2) is 0 Å². The van der Waals surface area contributed by atoms with Gasteiger partial charge in [-0.1, -0.05) is 60.7 Å². The molecule has 284 valence electrons. The van der Waals surface area contributed by atoms with Crippen molar-refractivity contribution >= 4 is 57.4 Å². The van der Waals surface area contributed by atoms with E-state index in [9.17, 15) is 50.0 Å². The molecule has 55 heavy (non-hydrogen) atoms. The van der Waals surface area contributed by atoms with E-state index in [1.54, 1.807) is 60.7 Å². The average Bonchev–Trinajstić information content (AvgIpc) is 3.18. The minimum absolute atomic E-state index is 0.0610. The van der Waals surface area contributed by atoms with Crippen molar-refractivity contribution in [3.05, 3.63) is 149 Å². The van der Waals surface area contributed by atoms with E-state index >= 15 is 0 Å². The van der Waals surface area contributed by atoms with Gasteiger partial charge in [-0.3, -0.25) is 60.9 Å². The van der Waals surface area contributed by atoms with Crippen molar-refractivity contribution in [2.24, 2.45) is 22.0 Å². The van der Waals surface area contributed by atoms with Gasteiger partial charge in [-0.2, -0.15) is 10.2 Å². The highest BCUT2D eigenvalue weighted by molar-refractivity contribution is 6.07. The molecule has 0 aliphatic carbocycles. The molecule has 0 bridgehead atoms. The highest BCUT2D eigenvalue weighted by atomic mass is 16.6. The van der Waals surface area contributed by atoms with Crippen LogP contribution in [0.15, 0.2) is 107 Å². The predicted octanol–water partition coefficient (Wildman–Crippen LogP) is 5.85. The quantitative estimate of drug-likeness (QED) is 0.0529. The minimum Gasteiger partial charge on any atom is -0.351 e. The van der Waals surface area contributed by atoms with Gasteiger partial charge >= 0.3 is 11.4 Å². The molecule has 0 aliphatic heterocycles. The zero-order valence-electron chi connectivity index (χ0n) is 29.3. The van der Waals surface area contributed by atoms with Gasteiger partial charge in [0.1, 0.15) is 11.4 Å². The second-order valence-corrected chi connectivity index (χ2v) is 11.9. The predicted molar refractivity (Wildman–Crippen MR) is 201 cm³/mol. The Morgan fingerprint density at radius 3 is 1.25 bits per heavy atom. The first-order valence-corrected chi connectivity index (χ1v) is 16.3. The van der Waals surface area contributed by atoms with Crippen molar-refractivity contribution in [2.45, 2.75) is 33.4 Å². The zero-order chi connectivity index (χ0) is 40.1. The van der Waals surface area contributed by atoms with Gasteiger partial charge in [-0.05, 0) is 43.5 Å². The van der Waals surface area contributed by atoms with E-state index in [4.69, 9.17) is 0 Å². The normalized spacial score (nSPS) is 12.5. The Kier molecular flexibility index (Phi) is 13.7. The van der Waals surface area contributed by atoms with E-state index in [2.05, 4.69) is 31.7 Å². The first-order chi connectivity index (χ1) is 26.2. The maximum Gasteiger partial charge on any atom is 0.301 e. The molecule has 0 aromatic heterocycles. The Labute approximate surface area is 311 Å². The third-order valence-electron chi connectivity index (χ3n) is 8.22. The topological polar surface area (TPSA) is 280 Å². The molecule has 20 nitrogen and oxygen atoms in total. The van der Waals surface area contributed by atoms with E-state index in [0.29, 0.717) is 0 Å². The highest BCUT2D eigenvalue weighted by Gasteiger charge is 2.32. The number of non-ortho nitro benzene ring substituents is 2.